The molecule has 0 radical (unpaired) electrons. The summed E-state index contributed by atoms with van der Waals surface area (Å²) >= 11 is 0. The van der Waals surface area contributed by atoms with Gasteiger partial charge in [-0.05, 0) is 42.3 Å². The van der Waals surface area contributed by atoms with E-state index in [1.54, 1.807) is 12.0 Å². The third-order valence-electron chi connectivity index (χ3n) is 5.66. The van der Waals surface area contributed by atoms with E-state index in [1.165, 1.54) is 0 Å². The molecule has 0 saturated carbocycles. The third-order valence-corrected chi connectivity index (χ3v) is 5.66. The SMILES string of the molecule is COc1ccc(C(C)NC(=O)C(=O)N2CCN(Cc3ccc4c(c3)OCO4)CC2)cc1. The molecule has 0 spiro atoms. The van der Waals surface area contributed by atoms with Gasteiger partial charge in [-0.2, -0.15) is 0 Å². The van der Waals surface area contributed by atoms with Crippen LogP contribution in [0.4, 0.5) is 0 Å². The van der Waals surface area contributed by atoms with E-state index in [0.717, 1.165) is 34.9 Å². The highest BCUT2D eigenvalue weighted by Crippen LogP contribution is 2.32. The van der Waals surface area contributed by atoms with Gasteiger partial charge in [-0.15, -0.1) is 0 Å². The van der Waals surface area contributed by atoms with Gasteiger partial charge in [-0.1, -0.05) is 18.2 Å². The van der Waals surface area contributed by atoms with E-state index in [0.29, 0.717) is 26.2 Å². The van der Waals surface area contributed by atoms with Crippen LogP contribution in [0.15, 0.2) is 42.5 Å². The number of amides is 2. The fourth-order valence-corrected chi connectivity index (χ4v) is 3.78. The van der Waals surface area contributed by atoms with Crippen LogP contribution in [0, 0.1) is 0 Å². The highest BCUT2D eigenvalue weighted by Gasteiger charge is 2.27. The maximum absolute atomic E-state index is 12.6. The van der Waals surface area contributed by atoms with Gasteiger partial charge in [0.05, 0.1) is 13.2 Å². The van der Waals surface area contributed by atoms with Crippen molar-refractivity contribution in [2.75, 3.05) is 40.1 Å². The first-order valence-electron chi connectivity index (χ1n) is 10.4. The Kier molecular flexibility index (Phi) is 6.27. The Morgan fingerprint density at radius 3 is 2.45 bits per heavy atom. The molecule has 4 rings (SSSR count). The molecular formula is C23H27N3O5. The van der Waals surface area contributed by atoms with Crippen LogP contribution in [0.5, 0.6) is 17.2 Å². The topological polar surface area (TPSA) is 80.3 Å². The second-order valence-electron chi connectivity index (χ2n) is 7.72. The lowest BCUT2D eigenvalue weighted by molar-refractivity contribution is -0.147. The molecule has 2 aromatic carbocycles. The molecule has 1 saturated heterocycles. The number of nitrogens with one attached hydrogen (secondary N) is 1. The third kappa shape index (κ3) is 4.91. The van der Waals surface area contributed by atoms with Crippen molar-refractivity contribution in [1.82, 2.24) is 15.1 Å². The van der Waals surface area contributed by atoms with Gasteiger partial charge in [0.2, 0.25) is 6.79 Å². The maximum atomic E-state index is 12.6. The molecule has 8 nitrogen and oxygen atoms in total. The number of hydrogen-bond acceptors (Lipinski definition) is 6. The van der Waals surface area contributed by atoms with Gasteiger partial charge < -0.3 is 24.4 Å². The number of carbonyl (C=O) groups is 2. The van der Waals surface area contributed by atoms with Crippen molar-refractivity contribution < 1.29 is 23.8 Å². The molecule has 1 unspecified atom stereocenters. The van der Waals surface area contributed by atoms with Crippen LogP contribution in [0.1, 0.15) is 24.1 Å². The molecular weight excluding hydrogens is 398 g/mol. The highest BCUT2D eigenvalue weighted by atomic mass is 16.7. The molecule has 1 N–H and O–H groups in total. The number of ether oxygens (including phenoxy) is 3. The summed E-state index contributed by atoms with van der Waals surface area (Å²) in [5, 5.41) is 2.80. The number of hydrogen-bond donors (Lipinski definition) is 1. The van der Waals surface area contributed by atoms with E-state index in [1.807, 2.05) is 49.4 Å². The molecule has 164 valence electrons. The zero-order chi connectivity index (χ0) is 21.8. The average Bonchev–Trinajstić information content (AvgIpc) is 3.27. The van der Waals surface area contributed by atoms with Crippen molar-refractivity contribution in [3.8, 4) is 17.2 Å². The lowest BCUT2D eigenvalue weighted by Gasteiger charge is -2.34. The zero-order valence-corrected chi connectivity index (χ0v) is 17.8. The van der Waals surface area contributed by atoms with E-state index < -0.39 is 11.8 Å². The summed E-state index contributed by atoms with van der Waals surface area (Å²) in [7, 11) is 1.60. The number of piperazine rings is 1. The number of rotatable bonds is 5. The van der Waals surface area contributed by atoms with E-state index >= 15 is 0 Å². The zero-order valence-electron chi connectivity index (χ0n) is 17.8. The number of nitrogens with zero attached hydrogens (tertiary/aromatic N) is 2. The van der Waals surface area contributed by atoms with Crippen molar-refractivity contribution in [3.05, 3.63) is 53.6 Å². The summed E-state index contributed by atoms with van der Waals surface area (Å²) in [6, 6.07) is 13.1. The molecule has 0 aliphatic carbocycles. The Bertz CT molecular complexity index is 939. The molecule has 2 aromatic rings. The Hall–Kier alpha value is -3.26. The van der Waals surface area contributed by atoms with Crippen LogP contribution in [0.3, 0.4) is 0 Å². The Morgan fingerprint density at radius 2 is 1.74 bits per heavy atom. The predicted octanol–water partition coefficient (Wildman–Crippen LogP) is 1.95. The first-order valence-corrected chi connectivity index (χ1v) is 10.4. The standard InChI is InChI=1S/C23H27N3O5/c1-16(18-4-6-19(29-2)7-5-18)24-22(27)23(28)26-11-9-25(10-12-26)14-17-3-8-20-21(13-17)31-15-30-20/h3-8,13,16H,9-12,14-15H2,1-2H3,(H,24,27). The Morgan fingerprint density at radius 1 is 1.03 bits per heavy atom. The second kappa shape index (κ2) is 9.26. The second-order valence-corrected chi connectivity index (χ2v) is 7.72. The molecule has 2 aliphatic heterocycles. The lowest BCUT2D eigenvalue weighted by Crippen LogP contribution is -2.52. The highest BCUT2D eigenvalue weighted by molar-refractivity contribution is 6.35. The van der Waals surface area contributed by atoms with Gasteiger partial charge in [0.15, 0.2) is 11.5 Å². The number of carbonyl (C=O) groups excluding carboxylic acids is 2. The monoisotopic (exact) mass is 425 g/mol. The Balaban J connectivity index is 1.25. The number of benzene rings is 2. The normalized spacial score (nSPS) is 16.6. The lowest BCUT2D eigenvalue weighted by atomic mass is 10.1. The molecule has 2 amide bonds. The van der Waals surface area contributed by atoms with Crippen LogP contribution in [0.25, 0.3) is 0 Å². The summed E-state index contributed by atoms with van der Waals surface area (Å²) in [4.78, 5) is 28.9. The minimum absolute atomic E-state index is 0.263. The van der Waals surface area contributed by atoms with Crippen LogP contribution < -0.4 is 19.5 Å². The quantitative estimate of drug-likeness (QED) is 0.738. The fourth-order valence-electron chi connectivity index (χ4n) is 3.78. The summed E-state index contributed by atoms with van der Waals surface area (Å²) in [5.74, 6) is 1.23. The average molecular weight is 425 g/mol. The number of fused-ring (bicyclic) bond motifs is 1. The largest absolute Gasteiger partial charge is 0.497 e. The molecule has 1 fully saturated rings. The van der Waals surface area contributed by atoms with E-state index in [9.17, 15) is 9.59 Å². The van der Waals surface area contributed by atoms with Crippen LogP contribution in [0.2, 0.25) is 0 Å². The summed E-state index contributed by atoms with van der Waals surface area (Å²) < 4.78 is 15.9. The van der Waals surface area contributed by atoms with Gasteiger partial charge in [-0.25, -0.2) is 0 Å². The van der Waals surface area contributed by atoms with E-state index in [4.69, 9.17) is 14.2 Å². The number of methoxy groups -OCH3 is 1. The van der Waals surface area contributed by atoms with Crippen molar-refractivity contribution in [2.45, 2.75) is 19.5 Å². The van der Waals surface area contributed by atoms with Crippen LogP contribution in [-0.4, -0.2) is 61.7 Å². The van der Waals surface area contributed by atoms with Crippen LogP contribution >= 0.6 is 0 Å². The molecule has 2 heterocycles. The maximum Gasteiger partial charge on any atom is 0.311 e. The molecule has 0 aromatic heterocycles. The summed E-state index contributed by atoms with van der Waals surface area (Å²) in [6.45, 7) is 5.35. The van der Waals surface area contributed by atoms with Gasteiger partial charge in [0, 0.05) is 32.7 Å². The minimum Gasteiger partial charge on any atom is -0.497 e. The first-order chi connectivity index (χ1) is 15.0. The predicted molar refractivity (Wildman–Crippen MR) is 114 cm³/mol. The van der Waals surface area contributed by atoms with Crippen molar-refractivity contribution in [1.29, 1.82) is 0 Å². The minimum atomic E-state index is -0.576. The summed E-state index contributed by atoms with van der Waals surface area (Å²) in [6.07, 6.45) is 0. The van der Waals surface area contributed by atoms with E-state index in [2.05, 4.69) is 10.2 Å². The molecule has 8 heteroatoms. The molecule has 31 heavy (non-hydrogen) atoms. The molecule has 0 bridgehead atoms. The Labute approximate surface area is 181 Å². The van der Waals surface area contributed by atoms with Gasteiger partial charge in [0.1, 0.15) is 5.75 Å². The van der Waals surface area contributed by atoms with Gasteiger partial charge >= 0.3 is 11.8 Å². The van der Waals surface area contributed by atoms with Gasteiger partial charge in [0.25, 0.3) is 0 Å². The molecule has 2 aliphatic rings. The smallest absolute Gasteiger partial charge is 0.311 e. The van der Waals surface area contributed by atoms with Crippen molar-refractivity contribution in [3.63, 3.8) is 0 Å². The first kappa shape index (κ1) is 21.0. The van der Waals surface area contributed by atoms with E-state index in [-0.39, 0.29) is 12.8 Å². The van der Waals surface area contributed by atoms with Crippen molar-refractivity contribution >= 4 is 11.8 Å². The van der Waals surface area contributed by atoms with Crippen LogP contribution in [-0.2, 0) is 16.1 Å². The summed E-state index contributed by atoms with van der Waals surface area (Å²) in [5.41, 5.74) is 2.05. The fraction of sp³-hybridized carbons (Fsp3) is 0.391. The van der Waals surface area contributed by atoms with Crippen molar-refractivity contribution in [2.24, 2.45) is 0 Å². The van der Waals surface area contributed by atoms with Gasteiger partial charge in [-0.3, -0.25) is 14.5 Å². The molecule has 1 atom stereocenters.